The summed E-state index contributed by atoms with van der Waals surface area (Å²) in [5, 5.41) is 4.06. The number of nitrogens with zero attached hydrogens (tertiary/aromatic N) is 3. The van der Waals surface area contributed by atoms with Crippen molar-refractivity contribution in [1.29, 1.82) is 0 Å². The molecule has 3 aliphatic rings. The van der Waals surface area contributed by atoms with Gasteiger partial charge in [0.15, 0.2) is 5.17 Å². The number of likely N-dealkylation sites (tertiary alicyclic amines) is 1. The Hall–Kier alpha value is -1.57. The van der Waals surface area contributed by atoms with Crippen LogP contribution in [0.2, 0.25) is 0 Å². The lowest BCUT2D eigenvalue weighted by molar-refractivity contribution is 0.00394. The lowest BCUT2D eigenvalue weighted by Crippen LogP contribution is -2.52. The lowest BCUT2D eigenvalue weighted by Gasteiger charge is -2.39. The predicted molar refractivity (Wildman–Crippen MR) is 105 cm³/mol. The molecule has 3 aliphatic heterocycles. The first-order valence-electron chi connectivity index (χ1n) is 9.43. The topological polar surface area (TPSA) is 57.2 Å². The zero-order valence-corrected chi connectivity index (χ0v) is 15.8. The minimum atomic E-state index is -0.00890. The van der Waals surface area contributed by atoms with Crippen molar-refractivity contribution >= 4 is 23.0 Å². The first-order valence-corrected chi connectivity index (χ1v) is 10.3. The number of piperidine rings is 1. The van der Waals surface area contributed by atoms with Crippen LogP contribution in [0.4, 0.5) is 4.79 Å². The van der Waals surface area contributed by atoms with Crippen molar-refractivity contribution in [1.82, 2.24) is 15.1 Å². The standard InChI is InChI=1S/C19H26N4O2S/c24-19(21-18-20-14-17(26-18)15-4-2-1-3-5-15)23-8-6-16(7-9-23)22-10-12-25-13-11-22/h1-5,16-17H,6-14H2,(H,20,21,24). The van der Waals surface area contributed by atoms with Crippen molar-refractivity contribution in [2.45, 2.75) is 24.1 Å². The van der Waals surface area contributed by atoms with E-state index >= 15 is 0 Å². The van der Waals surface area contributed by atoms with Gasteiger partial charge in [0.2, 0.25) is 0 Å². The molecule has 0 radical (unpaired) electrons. The van der Waals surface area contributed by atoms with E-state index in [4.69, 9.17) is 4.74 Å². The quantitative estimate of drug-likeness (QED) is 0.863. The molecule has 0 aliphatic carbocycles. The number of aliphatic imine (C=N–C) groups is 1. The summed E-state index contributed by atoms with van der Waals surface area (Å²) in [6, 6.07) is 10.9. The van der Waals surface area contributed by atoms with Gasteiger partial charge in [-0.15, -0.1) is 0 Å². The number of carbonyl (C=O) groups is 1. The molecular weight excluding hydrogens is 348 g/mol. The Balaban J connectivity index is 1.23. The molecule has 1 N–H and O–H groups in total. The van der Waals surface area contributed by atoms with Gasteiger partial charge in [0.25, 0.3) is 0 Å². The number of carbonyl (C=O) groups excluding carboxylic acids is 1. The average Bonchev–Trinajstić information content (AvgIpc) is 3.18. The third-order valence-electron chi connectivity index (χ3n) is 5.35. The van der Waals surface area contributed by atoms with E-state index in [-0.39, 0.29) is 6.03 Å². The number of amides is 2. The Morgan fingerprint density at radius 3 is 2.58 bits per heavy atom. The van der Waals surface area contributed by atoms with Crippen LogP contribution in [-0.4, -0.2) is 73.0 Å². The second-order valence-electron chi connectivity index (χ2n) is 6.96. The summed E-state index contributed by atoms with van der Waals surface area (Å²) in [5.74, 6) is 0. The molecule has 1 unspecified atom stereocenters. The fourth-order valence-electron chi connectivity index (χ4n) is 3.83. The molecule has 140 valence electrons. The number of urea groups is 1. The Bertz CT molecular complexity index is 640. The number of benzene rings is 1. The molecule has 3 heterocycles. The first-order chi connectivity index (χ1) is 12.8. The van der Waals surface area contributed by atoms with E-state index in [1.165, 1.54) is 5.56 Å². The number of ether oxygens (including phenoxy) is 1. The molecule has 1 atom stereocenters. The summed E-state index contributed by atoms with van der Waals surface area (Å²) < 4.78 is 5.43. The highest BCUT2D eigenvalue weighted by Crippen LogP contribution is 2.34. The van der Waals surface area contributed by atoms with E-state index in [1.807, 2.05) is 23.1 Å². The molecule has 0 saturated carbocycles. The monoisotopic (exact) mass is 374 g/mol. The Kier molecular flexibility index (Phi) is 5.77. The van der Waals surface area contributed by atoms with Crippen molar-refractivity contribution in [3.05, 3.63) is 35.9 Å². The molecule has 0 spiro atoms. The van der Waals surface area contributed by atoms with Crippen LogP contribution in [0.15, 0.2) is 35.3 Å². The highest BCUT2D eigenvalue weighted by molar-refractivity contribution is 8.14. The second-order valence-corrected chi connectivity index (χ2v) is 8.15. The maximum atomic E-state index is 12.6. The summed E-state index contributed by atoms with van der Waals surface area (Å²) >= 11 is 1.65. The Morgan fingerprint density at radius 2 is 1.85 bits per heavy atom. The van der Waals surface area contributed by atoms with Crippen LogP contribution in [0.3, 0.4) is 0 Å². The maximum Gasteiger partial charge on any atom is 0.323 e. The summed E-state index contributed by atoms with van der Waals surface area (Å²) in [6.07, 6.45) is 2.08. The van der Waals surface area contributed by atoms with Crippen molar-refractivity contribution in [3.63, 3.8) is 0 Å². The van der Waals surface area contributed by atoms with Gasteiger partial charge in [-0.05, 0) is 18.4 Å². The zero-order valence-electron chi connectivity index (χ0n) is 15.0. The normalized spacial score (nSPS) is 25.2. The number of hydrogen-bond donors (Lipinski definition) is 1. The van der Waals surface area contributed by atoms with Gasteiger partial charge < -0.3 is 9.64 Å². The molecule has 2 saturated heterocycles. The van der Waals surface area contributed by atoms with Crippen LogP contribution in [-0.2, 0) is 4.74 Å². The van der Waals surface area contributed by atoms with Crippen LogP contribution in [0.1, 0.15) is 23.7 Å². The number of hydrogen-bond acceptors (Lipinski definition) is 5. The minimum Gasteiger partial charge on any atom is -0.379 e. The van der Waals surface area contributed by atoms with Gasteiger partial charge in [0.1, 0.15) is 0 Å². The van der Waals surface area contributed by atoms with E-state index in [0.29, 0.717) is 11.3 Å². The summed E-state index contributed by atoms with van der Waals surface area (Å²) in [7, 11) is 0. The van der Waals surface area contributed by atoms with Gasteiger partial charge in [-0.25, -0.2) is 4.79 Å². The van der Waals surface area contributed by atoms with E-state index in [9.17, 15) is 4.79 Å². The van der Waals surface area contributed by atoms with Crippen LogP contribution < -0.4 is 5.32 Å². The van der Waals surface area contributed by atoms with Gasteiger partial charge >= 0.3 is 6.03 Å². The fraction of sp³-hybridized carbons (Fsp3) is 0.579. The third kappa shape index (κ3) is 4.22. The van der Waals surface area contributed by atoms with E-state index in [1.54, 1.807) is 11.8 Å². The van der Waals surface area contributed by atoms with Crippen LogP contribution >= 0.6 is 11.8 Å². The third-order valence-corrected chi connectivity index (χ3v) is 6.51. The number of amidine groups is 1. The average molecular weight is 375 g/mol. The Morgan fingerprint density at radius 1 is 1.12 bits per heavy atom. The van der Waals surface area contributed by atoms with Crippen LogP contribution in [0, 0.1) is 0 Å². The highest BCUT2D eigenvalue weighted by Gasteiger charge is 2.29. The zero-order chi connectivity index (χ0) is 17.8. The predicted octanol–water partition coefficient (Wildman–Crippen LogP) is 2.34. The molecule has 0 bridgehead atoms. The highest BCUT2D eigenvalue weighted by atomic mass is 32.2. The molecule has 2 fully saturated rings. The minimum absolute atomic E-state index is 0.00890. The molecule has 6 nitrogen and oxygen atoms in total. The summed E-state index contributed by atoms with van der Waals surface area (Å²) in [5.41, 5.74) is 1.26. The van der Waals surface area contributed by atoms with Crippen molar-refractivity contribution < 1.29 is 9.53 Å². The summed E-state index contributed by atoms with van der Waals surface area (Å²) in [6.45, 7) is 6.06. The number of morpholine rings is 1. The molecule has 7 heteroatoms. The van der Waals surface area contributed by atoms with Crippen molar-refractivity contribution in [2.24, 2.45) is 4.99 Å². The van der Waals surface area contributed by atoms with E-state index < -0.39 is 0 Å². The lowest BCUT2D eigenvalue weighted by atomic mass is 10.0. The van der Waals surface area contributed by atoms with Crippen LogP contribution in [0.25, 0.3) is 0 Å². The molecule has 0 aromatic heterocycles. The molecule has 1 aromatic carbocycles. The van der Waals surface area contributed by atoms with E-state index in [0.717, 1.165) is 63.9 Å². The molecular formula is C19H26N4O2S. The largest absolute Gasteiger partial charge is 0.379 e. The maximum absolute atomic E-state index is 12.6. The number of nitrogens with one attached hydrogen (secondary N) is 1. The number of rotatable bonds is 2. The smallest absolute Gasteiger partial charge is 0.323 e. The van der Waals surface area contributed by atoms with Crippen molar-refractivity contribution in [2.75, 3.05) is 45.9 Å². The molecule has 1 aromatic rings. The fourth-order valence-corrected chi connectivity index (χ4v) is 4.84. The van der Waals surface area contributed by atoms with Gasteiger partial charge in [-0.2, -0.15) is 0 Å². The van der Waals surface area contributed by atoms with Crippen LogP contribution in [0.5, 0.6) is 0 Å². The van der Waals surface area contributed by atoms with E-state index in [2.05, 4.69) is 27.3 Å². The SMILES string of the molecule is O=C(NC1=NCC(c2ccccc2)S1)N1CCC(N2CCOCC2)CC1. The molecule has 4 rings (SSSR count). The Labute approximate surface area is 159 Å². The number of thioether (sulfide) groups is 1. The molecule has 26 heavy (non-hydrogen) atoms. The van der Waals surface area contributed by atoms with Gasteiger partial charge in [0, 0.05) is 32.2 Å². The second kappa shape index (κ2) is 8.41. The summed E-state index contributed by atoms with van der Waals surface area (Å²) in [4.78, 5) is 21.5. The van der Waals surface area contributed by atoms with Gasteiger partial charge in [-0.1, -0.05) is 42.1 Å². The van der Waals surface area contributed by atoms with Gasteiger partial charge in [0.05, 0.1) is 25.0 Å². The first kappa shape index (κ1) is 17.8. The van der Waals surface area contributed by atoms with Gasteiger partial charge in [-0.3, -0.25) is 15.2 Å². The van der Waals surface area contributed by atoms with Crippen molar-refractivity contribution in [3.8, 4) is 0 Å². The molecule has 2 amide bonds.